The summed E-state index contributed by atoms with van der Waals surface area (Å²) in [4.78, 5) is 34.1. The van der Waals surface area contributed by atoms with Crippen LogP contribution in [0.4, 0.5) is 4.79 Å². The molecule has 7 nitrogen and oxygen atoms in total. The van der Waals surface area contributed by atoms with E-state index in [4.69, 9.17) is 5.73 Å². The summed E-state index contributed by atoms with van der Waals surface area (Å²) in [6, 6.07) is -1.36. The molecule has 1 aliphatic rings. The second-order valence-electron chi connectivity index (χ2n) is 6.01. The molecule has 1 heterocycles. The first kappa shape index (κ1) is 19.4. The Morgan fingerprint density at radius 3 is 2.30 bits per heavy atom. The second kappa shape index (κ2) is 11.0. The van der Waals surface area contributed by atoms with Crippen molar-refractivity contribution in [3.63, 3.8) is 0 Å². The van der Waals surface area contributed by atoms with E-state index in [1.807, 2.05) is 0 Å². The molecule has 0 aliphatic carbocycles. The Kier molecular flexibility index (Phi) is 9.28. The van der Waals surface area contributed by atoms with E-state index in [9.17, 15) is 14.4 Å². The number of imide groups is 1. The van der Waals surface area contributed by atoms with Crippen LogP contribution in [0.15, 0.2) is 0 Å². The van der Waals surface area contributed by atoms with E-state index in [0.29, 0.717) is 6.42 Å². The molecule has 0 spiro atoms. The Bertz CT molecular complexity index is 401. The highest BCUT2D eigenvalue weighted by atomic mass is 16.2. The van der Waals surface area contributed by atoms with E-state index in [2.05, 4.69) is 22.9 Å². The lowest BCUT2D eigenvalue weighted by Gasteiger charge is -2.15. The number of carbonyl (C=O) groups is 3. The second-order valence-corrected chi connectivity index (χ2v) is 6.01. The highest BCUT2D eigenvalue weighted by Crippen LogP contribution is 2.10. The van der Waals surface area contributed by atoms with Gasteiger partial charge in [0.2, 0.25) is 5.91 Å². The van der Waals surface area contributed by atoms with E-state index in [0.717, 1.165) is 19.3 Å². The summed E-state index contributed by atoms with van der Waals surface area (Å²) in [5.41, 5.74) is 5.86. The fourth-order valence-corrected chi connectivity index (χ4v) is 2.55. The summed E-state index contributed by atoms with van der Waals surface area (Å²) in [5, 5.41) is 7.13. The van der Waals surface area contributed by atoms with Crippen LogP contribution in [0.1, 0.15) is 64.2 Å². The number of rotatable bonds is 12. The molecular weight excluding hydrogens is 296 g/mol. The zero-order valence-electron chi connectivity index (χ0n) is 13.7. The van der Waals surface area contributed by atoms with Crippen molar-refractivity contribution in [1.29, 1.82) is 0 Å². The van der Waals surface area contributed by atoms with Crippen LogP contribution in [0.25, 0.3) is 0 Å². The van der Waals surface area contributed by atoms with Gasteiger partial charge in [0.15, 0.2) is 0 Å². The van der Waals surface area contributed by atoms with Crippen LogP contribution in [0.3, 0.4) is 0 Å². The standard InChI is InChI=1S/C16H29N4O3/c1-2-3-4-5-6-7-8-9-10-13(17)19-14(21)11-12-15(22)20-16(23)18-12/h12-13H,1-11,17H2,(H,19,21)(H2,18,20,22,23). The number of carbonyl (C=O) groups excluding carboxylic acids is 3. The molecule has 131 valence electrons. The molecule has 0 bridgehead atoms. The van der Waals surface area contributed by atoms with Gasteiger partial charge in [-0.05, 0) is 6.42 Å². The molecule has 1 radical (unpaired) electrons. The number of hydrogen-bond donors (Lipinski definition) is 4. The minimum atomic E-state index is -0.798. The molecule has 2 atom stereocenters. The van der Waals surface area contributed by atoms with Crippen LogP contribution in [0.5, 0.6) is 0 Å². The van der Waals surface area contributed by atoms with Crippen LogP contribution in [0, 0.1) is 6.92 Å². The summed E-state index contributed by atoms with van der Waals surface area (Å²) in [7, 11) is 0. The maximum absolute atomic E-state index is 11.8. The molecule has 7 heteroatoms. The van der Waals surface area contributed by atoms with E-state index >= 15 is 0 Å². The first-order valence-corrected chi connectivity index (χ1v) is 8.48. The topological polar surface area (TPSA) is 113 Å². The van der Waals surface area contributed by atoms with Crippen molar-refractivity contribution in [3.8, 4) is 0 Å². The van der Waals surface area contributed by atoms with Crippen molar-refractivity contribution in [2.45, 2.75) is 76.4 Å². The highest BCUT2D eigenvalue weighted by molar-refractivity contribution is 6.05. The van der Waals surface area contributed by atoms with Crippen molar-refractivity contribution in [2.75, 3.05) is 0 Å². The maximum Gasteiger partial charge on any atom is 0.322 e. The fourth-order valence-electron chi connectivity index (χ4n) is 2.55. The van der Waals surface area contributed by atoms with Gasteiger partial charge < -0.3 is 16.4 Å². The third-order valence-electron chi connectivity index (χ3n) is 3.86. The van der Waals surface area contributed by atoms with Crippen LogP contribution in [-0.4, -0.2) is 30.1 Å². The van der Waals surface area contributed by atoms with Crippen molar-refractivity contribution < 1.29 is 14.4 Å². The molecule has 5 N–H and O–H groups in total. The van der Waals surface area contributed by atoms with Gasteiger partial charge in [0.1, 0.15) is 6.04 Å². The summed E-state index contributed by atoms with van der Waals surface area (Å²) < 4.78 is 0. The first-order chi connectivity index (χ1) is 11.0. The molecule has 23 heavy (non-hydrogen) atoms. The fraction of sp³-hybridized carbons (Fsp3) is 0.750. The Morgan fingerprint density at radius 1 is 1.13 bits per heavy atom. The smallest absolute Gasteiger partial charge is 0.322 e. The Hall–Kier alpha value is -1.63. The van der Waals surface area contributed by atoms with Gasteiger partial charge in [0, 0.05) is 0 Å². The molecule has 1 saturated heterocycles. The molecule has 1 rings (SSSR count). The zero-order valence-corrected chi connectivity index (χ0v) is 13.7. The summed E-state index contributed by atoms with van der Waals surface area (Å²) >= 11 is 0. The lowest BCUT2D eigenvalue weighted by Crippen LogP contribution is -2.44. The minimum absolute atomic E-state index is 0.0858. The van der Waals surface area contributed by atoms with Gasteiger partial charge in [0.05, 0.1) is 12.6 Å². The van der Waals surface area contributed by atoms with Gasteiger partial charge in [-0.15, -0.1) is 0 Å². The van der Waals surface area contributed by atoms with Crippen LogP contribution < -0.4 is 21.7 Å². The quantitative estimate of drug-likeness (QED) is 0.246. The molecule has 0 aromatic carbocycles. The monoisotopic (exact) mass is 325 g/mol. The van der Waals surface area contributed by atoms with E-state index < -0.39 is 24.1 Å². The van der Waals surface area contributed by atoms with Crippen LogP contribution >= 0.6 is 0 Å². The van der Waals surface area contributed by atoms with E-state index in [1.54, 1.807) is 0 Å². The molecule has 0 aromatic rings. The lowest BCUT2D eigenvalue weighted by molar-refractivity contribution is -0.126. The van der Waals surface area contributed by atoms with E-state index in [-0.39, 0.29) is 12.3 Å². The van der Waals surface area contributed by atoms with Gasteiger partial charge in [-0.3, -0.25) is 14.9 Å². The number of unbranched alkanes of at least 4 members (excludes halogenated alkanes) is 7. The van der Waals surface area contributed by atoms with Crippen LogP contribution in [0.2, 0.25) is 0 Å². The Morgan fingerprint density at radius 2 is 1.74 bits per heavy atom. The normalized spacial score (nSPS) is 18.4. The van der Waals surface area contributed by atoms with Gasteiger partial charge in [0.25, 0.3) is 5.91 Å². The molecule has 4 amide bonds. The zero-order chi connectivity index (χ0) is 17.1. The average molecular weight is 325 g/mol. The summed E-state index contributed by atoms with van der Waals surface area (Å²) in [6.07, 6.45) is 9.45. The predicted octanol–water partition coefficient (Wildman–Crippen LogP) is 1.33. The Balaban J connectivity index is 2.02. The summed E-state index contributed by atoms with van der Waals surface area (Å²) in [5.74, 6) is -0.800. The van der Waals surface area contributed by atoms with Crippen LogP contribution in [-0.2, 0) is 9.59 Å². The first-order valence-electron chi connectivity index (χ1n) is 8.48. The van der Waals surface area contributed by atoms with Crippen molar-refractivity contribution in [1.82, 2.24) is 16.0 Å². The maximum atomic E-state index is 11.8. The number of nitrogens with one attached hydrogen (secondary N) is 3. The van der Waals surface area contributed by atoms with Crippen molar-refractivity contribution >= 4 is 17.8 Å². The molecule has 1 fully saturated rings. The third kappa shape index (κ3) is 8.54. The number of hydrogen-bond acceptors (Lipinski definition) is 4. The number of nitrogens with two attached hydrogens (primary N) is 1. The van der Waals surface area contributed by atoms with E-state index in [1.165, 1.54) is 32.1 Å². The lowest BCUT2D eigenvalue weighted by atomic mass is 10.1. The minimum Gasteiger partial charge on any atom is -0.341 e. The molecule has 2 unspecified atom stereocenters. The molecular formula is C16H29N4O3. The highest BCUT2D eigenvalue weighted by Gasteiger charge is 2.31. The third-order valence-corrected chi connectivity index (χ3v) is 3.86. The predicted molar refractivity (Wildman–Crippen MR) is 88.1 cm³/mol. The van der Waals surface area contributed by atoms with Crippen molar-refractivity contribution in [2.24, 2.45) is 5.73 Å². The van der Waals surface area contributed by atoms with Gasteiger partial charge >= 0.3 is 6.03 Å². The SMILES string of the molecule is [CH2]CCCCCCCCCC(N)NC(=O)CC1NC(=O)NC1=O. The molecule has 1 aliphatic heterocycles. The molecule has 0 saturated carbocycles. The summed E-state index contributed by atoms with van der Waals surface area (Å²) in [6.45, 7) is 3.82. The van der Waals surface area contributed by atoms with Gasteiger partial charge in [-0.2, -0.15) is 0 Å². The van der Waals surface area contributed by atoms with Gasteiger partial charge in [-0.1, -0.05) is 58.3 Å². The number of amides is 4. The number of urea groups is 1. The van der Waals surface area contributed by atoms with Gasteiger partial charge in [-0.25, -0.2) is 4.79 Å². The average Bonchev–Trinajstić information content (AvgIpc) is 2.79. The molecule has 0 aromatic heterocycles. The largest absolute Gasteiger partial charge is 0.341 e. The Labute approximate surface area is 138 Å². The van der Waals surface area contributed by atoms with Crippen molar-refractivity contribution in [3.05, 3.63) is 6.92 Å².